The summed E-state index contributed by atoms with van der Waals surface area (Å²) >= 11 is 9.16. The van der Waals surface area contributed by atoms with Gasteiger partial charge < -0.3 is 15.6 Å². The summed E-state index contributed by atoms with van der Waals surface area (Å²) in [6, 6.07) is 5.01. The van der Waals surface area contributed by atoms with Crippen LogP contribution in [-0.2, 0) is 6.61 Å². The summed E-state index contributed by atoms with van der Waals surface area (Å²) in [5.74, 6) is -0.599. The molecule has 0 atom stereocenters. The van der Waals surface area contributed by atoms with Crippen LogP contribution in [0.1, 0.15) is 21.7 Å². The van der Waals surface area contributed by atoms with Crippen LogP contribution in [0.15, 0.2) is 22.7 Å². The van der Waals surface area contributed by atoms with Crippen molar-refractivity contribution in [2.24, 2.45) is 0 Å². The molecule has 0 spiro atoms. The van der Waals surface area contributed by atoms with Crippen molar-refractivity contribution in [3.05, 3.63) is 44.6 Å². The van der Waals surface area contributed by atoms with Gasteiger partial charge in [-0.25, -0.2) is 14.8 Å². The third-order valence-corrected chi connectivity index (χ3v) is 3.51. The Hall–Kier alpha value is -1.86. The summed E-state index contributed by atoms with van der Waals surface area (Å²) < 4.78 is 6.22. The lowest BCUT2D eigenvalue weighted by Gasteiger charge is -2.11. The quantitative estimate of drug-likeness (QED) is 0.856. The number of carbonyl (C=O) groups is 1. The highest BCUT2D eigenvalue weighted by Crippen LogP contribution is 2.28. The first kappa shape index (κ1) is 15.5. The predicted octanol–water partition coefficient (Wildman–Crippen LogP) is 3.06. The summed E-state index contributed by atoms with van der Waals surface area (Å²) in [5.41, 5.74) is 6.06. The van der Waals surface area contributed by atoms with E-state index in [1.165, 1.54) is 0 Å². The van der Waals surface area contributed by atoms with Crippen molar-refractivity contribution in [1.82, 2.24) is 9.97 Å². The van der Waals surface area contributed by atoms with Gasteiger partial charge in [-0.2, -0.15) is 0 Å². The Labute approximate surface area is 134 Å². The fourth-order valence-electron chi connectivity index (χ4n) is 1.78. The average molecular weight is 373 g/mol. The number of hydrogen-bond acceptors (Lipinski definition) is 5. The molecule has 0 saturated carbocycles. The van der Waals surface area contributed by atoms with Gasteiger partial charge in [-0.15, -0.1) is 0 Å². The number of aromatic nitrogens is 2. The fraction of sp³-hybridized carbons (Fsp3) is 0.154. The highest BCUT2D eigenvalue weighted by atomic mass is 79.9. The molecule has 0 aliphatic carbocycles. The first-order chi connectivity index (χ1) is 9.88. The van der Waals surface area contributed by atoms with Crippen molar-refractivity contribution in [1.29, 1.82) is 0 Å². The highest BCUT2D eigenvalue weighted by Gasteiger charge is 2.18. The maximum atomic E-state index is 11.3. The highest BCUT2D eigenvalue weighted by molar-refractivity contribution is 9.10. The first-order valence-electron chi connectivity index (χ1n) is 5.82. The van der Waals surface area contributed by atoms with Crippen molar-refractivity contribution >= 4 is 39.4 Å². The lowest BCUT2D eigenvalue weighted by molar-refractivity contribution is 0.0691. The maximum Gasteiger partial charge on any atom is 0.339 e. The van der Waals surface area contributed by atoms with Gasteiger partial charge in [-0.1, -0.05) is 11.6 Å². The van der Waals surface area contributed by atoms with Crippen LogP contribution in [0.4, 0.5) is 5.95 Å². The molecule has 0 unspecified atom stereocenters. The van der Waals surface area contributed by atoms with Crippen LogP contribution in [0.3, 0.4) is 0 Å². The van der Waals surface area contributed by atoms with Crippen molar-refractivity contribution in [3.63, 3.8) is 0 Å². The standard InChI is InChI=1S/C13H11BrClN3O3/c1-6-11(12(19)20)9(18-13(16)17-6)5-21-10-3-2-7(15)4-8(10)14/h2-4H,5H2,1H3,(H,19,20)(H2,16,17,18). The molecule has 110 valence electrons. The van der Waals surface area contributed by atoms with Gasteiger partial charge in [-0.3, -0.25) is 0 Å². The van der Waals surface area contributed by atoms with Crippen LogP contribution in [0.25, 0.3) is 0 Å². The molecule has 0 saturated heterocycles. The molecule has 0 fully saturated rings. The van der Waals surface area contributed by atoms with Crippen LogP contribution in [0.5, 0.6) is 5.75 Å². The molecule has 21 heavy (non-hydrogen) atoms. The molecule has 0 amide bonds. The summed E-state index contributed by atoms with van der Waals surface area (Å²) in [4.78, 5) is 19.1. The third kappa shape index (κ3) is 3.62. The second-order valence-electron chi connectivity index (χ2n) is 4.16. The number of hydrogen-bond donors (Lipinski definition) is 2. The molecule has 0 aliphatic rings. The fourth-order valence-corrected chi connectivity index (χ4v) is 2.57. The molecular formula is C13H11BrClN3O3. The van der Waals surface area contributed by atoms with Crippen molar-refractivity contribution in [2.45, 2.75) is 13.5 Å². The van der Waals surface area contributed by atoms with Crippen LogP contribution < -0.4 is 10.5 Å². The number of ether oxygens (including phenoxy) is 1. The van der Waals surface area contributed by atoms with Gasteiger partial charge >= 0.3 is 5.97 Å². The number of nitrogens with two attached hydrogens (primary N) is 1. The summed E-state index contributed by atoms with van der Waals surface area (Å²) in [6.07, 6.45) is 0. The van der Waals surface area contributed by atoms with E-state index in [0.717, 1.165) is 0 Å². The number of carboxylic acids is 1. The Bertz CT molecular complexity index is 709. The summed E-state index contributed by atoms with van der Waals surface area (Å²) in [5, 5.41) is 9.78. The Morgan fingerprint density at radius 2 is 2.19 bits per heavy atom. The number of carboxylic acid groups (broad SMARTS) is 1. The number of halogens is 2. The number of aryl methyl sites for hydroxylation is 1. The number of rotatable bonds is 4. The van der Waals surface area contributed by atoms with Crippen LogP contribution in [0, 0.1) is 6.92 Å². The number of aromatic carboxylic acids is 1. The smallest absolute Gasteiger partial charge is 0.339 e. The number of benzene rings is 1. The molecule has 6 nitrogen and oxygen atoms in total. The van der Waals surface area contributed by atoms with Crippen LogP contribution in [0.2, 0.25) is 5.02 Å². The largest absolute Gasteiger partial charge is 0.486 e. The van der Waals surface area contributed by atoms with Gasteiger partial charge in [0.2, 0.25) is 5.95 Å². The Morgan fingerprint density at radius 3 is 2.81 bits per heavy atom. The third-order valence-electron chi connectivity index (χ3n) is 2.65. The van der Waals surface area contributed by atoms with E-state index in [-0.39, 0.29) is 23.8 Å². The van der Waals surface area contributed by atoms with E-state index < -0.39 is 5.97 Å². The van der Waals surface area contributed by atoms with E-state index >= 15 is 0 Å². The van der Waals surface area contributed by atoms with Crippen molar-refractivity contribution < 1.29 is 14.6 Å². The molecule has 2 rings (SSSR count). The van der Waals surface area contributed by atoms with Gasteiger partial charge in [0.25, 0.3) is 0 Å². The number of nitrogen functional groups attached to an aromatic ring is 1. The Balaban J connectivity index is 2.29. The SMILES string of the molecule is Cc1nc(N)nc(COc2ccc(Cl)cc2Br)c1C(=O)O. The van der Waals surface area contributed by atoms with Gasteiger partial charge in [0.15, 0.2) is 0 Å². The van der Waals surface area contributed by atoms with E-state index in [0.29, 0.717) is 20.9 Å². The van der Waals surface area contributed by atoms with Crippen LogP contribution in [-0.4, -0.2) is 21.0 Å². The minimum Gasteiger partial charge on any atom is -0.486 e. The second kappa shape index (κ2) is 6.28. The topological polar surface area (TPSA) is 98.3 Å². The molecule has 1 aromatic carbocycles. The molecule has 0 bridgehead atoms. The Kier molecular flexibility index (Phi) is 4.64. The molecule has 8 heteroatoms. The van der Waals surface area contributed by atoms with Gasteiger partial charge in [0.05, 0.1) is 15.9 Å². The van der Waals surface area contributed by atoms with Crippen molar-refractivity contribution in [2.75, 3.05) is 5.73 Å². The second-order valence-corrected chi connectivity index (χ2v) is 5.45. The average Bonchev–Trinajstić information content (AvgIpc) is 2.36. The number of nitrogens with zero attached hydrogens (tertiary/aromatic N) is 2. The summed E-state index contributed by atoms with van der Waals surface area (Å²) in [7, 11) is 0. The molecule has 1 heterocycles. The number of anilines is 1. The van der Waals surface area contributed by atoms with Gasteiger partial charge in [0.1, 0.15) is 17.9 Å². The zero-order valence-electron chi connectivity index (χ0n) is 10.9. The Morgan fingerprint density at radius 1 is 1.48 bits per heavy atom. The van der Waals surface area contributed by atoms with E-state index in [1.54, 1.807) is 25.1 Å². The van der Waals surface area contributed by atoms with E-state index in [4.69, 9.17) is 22.1 Å². The zero-order chi connectivity index (χ0) is 15.6. The summed E-state index contributed by atoms with van der Waals surface area (Å²) in [6.45, 7) is 1.51. The van der Waals surface area contributed by atoms with Crippen LogP contribution >= 0.6 is 27.5 Å². The maximum absolute atomic E-state index is 11.3. The predicted molar refractivity (Wildman–Crippen MR) is 81.6 cm³/mol. The normalized spacial score (nSPS) is 10.4. The molecule has 0 radical (unpaired) electrons. The van der Waals surface area contributed by atoms with Crippen molar-refractivity contribution in [3.8, 4) is 5.75 Å². The molecule has 3 N–H and O–H groups in total. The van der Waals surface area contributed by atoms with Gasteiger partial charge in [0, 0.05) is 5.02 Å². The van der Waals surface area contributed by atoms with E-state index in [2.05, 4.69) is 25.9 Å². The van der Waals surface area contributed by atoms with E-state index in [9.17, 15) is 9.90 Å². The lowest BCUT2D eigenvalue weighted by atomic mass is 10.1. The monoisotopic (exact) mass is 371 g/mol. The minimum absolute atomic E-state index is 0.00529. The first-order valence-corrected chi connectivity index (χ1v) is 6.99. The minimum atomic E-state index is -1.12. The zero-order valence-corrected chi connectivity index (χ0v) is 13.3. The molecule has 0 aliphatic heterocycles. The molecule has 1 aromatic heterocycles. The van der Waals surface area contributed by atoms with E-state index in [1.807, 2.05) is 0 Å². The van der Waals surface area contributed by atoms with Gasteiger partial charge in [-0.05, 0) is 41.1 Å². The molecular weight excluding hydrogens is 362 g/mol. The molecule has 2 aromatic rings. The lowest BCUT2D eigenvalue weighted by Crippen LogP contribution is -2.14.